The van der Waals surface area contributed by atoms with Crippen LogP contribution in [0.2, 0.25) is 5.02 Å². The highest BCUT2D eigenvalue weighted by molar-refractivity contribution is 6.31. The largest absolute Gasteiger partial charge is 0.266 e. The zero-order valence-electron chi connectivity index (χ0n) is 11.4. The molecule has 4 nitrogen and oxygen atoms in total. The van der Waals surface area contributed by atoms with E-state index in [9.17, 15) is 0 Å². The van der Waals surface area contributed by atoms with Gasteiger partial charge in [0.2, 0.25) is 0 Å². The minimum atomic E-state index is 0.680. The molecule has 98 valence electrons. The van der Waals surface area contributed by atoms with Crippen molar-refractivity contribution in [3.8, 4) is 0 Å². The van der Waals surface area contributed by atoms with E-state index in [2.05, 4.69) is 37.0 Å². The Labute approximate surface area is 113 Å². The van der Waals surface area contributed by atoms with Crippen molar-refractivity contribution in [1.82, 2.24) is 19.6 Å². The first-order valence-electron chi connectivity index (χ1n) is 6.31. The Morgan fingerprint density at radius 2 is 1.89 bits per heavy atom. The molecule has 0 aliphatic heterocycles. The summed E-state index contributed by atoms with van der Waals surface area (Å²) < 4.78 is 3.95. The predicted molar refractivity (Wildman–Crippen MR) is 73.1 cm³/mol. The van der Waals surface area contributed by atoms with Gasteiger partial charge in [-0.2, -0.15) is 10.2 Å². The molecule has 0 aliphatic rings. The van der Waals surface area contributed by atoms with E-state index in [4.69, 9.17) is 11.6 Å². The van der Waals surface area contributed by atoms with Crippen molar-refractivity contribution in [2.45, 2.75) is 47.2 Å². The van der Waals surface area contributed by atoms with Gasteiger partial charge in [0.25, 0.3) is 0 Å². The molecule has 0 aliphatic carbocycles. The topological polar surface area (TPSA) is 35.6 Å². The average Bonchev–Trinajstić information content (AvgIpc) is 2.81. The molecule has 0 unspecified atom stereocenters. The molecular weight excluding hydrogens is 248 g/mol. The van der Waals surface area contributed by atoms with Gasteiger partial charge < -0.3 is 0 Å². The first-order valence-corrected chi connectivity index (χ1v) is 6.69. The van der Waals surface area contributed by atoms with E-state index in [0.717, 1.165) is 40.8 Å². The first kappa shape index (κ1) is 13.1. The maximum atomic E-state index is 6.39. The van der Waals surface area contributed by atoms with E-state index < -0.39 is 0 Å². The molecule has 2 aromatic heterocycles. The summed E-state index contributed by atoms with van der Waals surface area (Å²) in [5, 5.41) is 9.78. The molecular formula is C13H19ClN4. The zero-order chi connectivity index (χ0) is 13.3. The SMILES string of the molecule is CCc1nn(CC)c(Cn2nc(C)cc2C)c1Cl. The van der Waals surface area contributed by atoms with E-state index in [-0.39, 0.29) is 0 Å². The van der Waals surface area contributed by atoms with Crippen LogP contribution in [0.3, 0.4) is 0 Å². The maximum Gasteiger partial charge on any atom is 0.0869 e. The van der Waals surface area contributed by atoms with E-state index in [1.54, 1.807) is 0 Å². The van der Waals surface area contributed by atoms with Gasteiger partial charge in [-0.05, 0) is 33.3 Å². The summed E-state index contributed by atoms with van der Waals surface area (Å²) in [7, 11) is 0. The molecule has 2 heterocycles. The molecule has 0 N–H and O–H groups in total. The second-order valence-corrected chi connectivity index (χ2v) is 4.84. The number of nitrogens with zero attached hydrogens (tertiary/aromatic N) is 4. The molecule has 0 fully saturated rings. The number of hydrogen-bond donors (Lipinski definition) is 0. The maximum absolute atomic E-state index is 6.39. The smallest absolute Gasteiger partial charge is 0.0869 e. The Bertz CT molecular complexity index is 554. The molecule has 0 atom stereocenters. The summed E-state index contributed by atoms with van der Waals surface area (Å²) in [6, 6.07) is 2.07. The van der Waals surface area contributed by atoms with Crippen LogP contribution in [0.1, 0.15) is 36.6 Å². The van der Waals surface area contributed by atoms with Crippen LogP contribution in [-0.4, -0.2) is 19.6 Å². The molecule has 0 saturated heterocycles. The van der Waals surface area contributed by atoms with E-state index >= 15 is 0 Å². The first-order chi connectivity index (χ1) is 8.56. The summed E-state index contributed by atoms with van der Waals surface area (Å²) in [6.07, 6.45) is 0.857. The van der Waals surface area contributed by atoms with Gasteiger partial charge in [0.15, 0.2) is 0 Å². The minimum absolute atomic E-state index is 0.680. The van der Waals surface area contributed by atoms with E-state index in [0.29, 0.717) is 6.54 Å². The summed E-state index contributed by atoms with van der Waals surface area (Å²) in [5.74, 6) is 0. The second-order valence-electron chi connectivity index (χ2n) is 4.46. The monoisotopic (exact) mass is 266 g/mol. The van der Waals surface area contributed by atoms with Gasteiger partial charge in [-0.15, -0.1) is 0 Å². The van der Waals surface area contributed by atoms with Gasteiger partial charge in [0.05, 0.1) is 28.6 Å². The van der Waals surface area contributed by atoms with Crippen molar-refractivity contribution in [1.29, 1.82) is 0 Å². The molecule has 0 spiro atoms. The van der Waals surface area contributed by atoms with Crippen molar-refractivity contribution >= 4 is 11.6 Å². The summed E-state index contributed by atoms with van der Waals surface area (Å²) in [5.41, 5.74) is 4.18. The molecule has 0 radical (unpaired) electrons. The molecule has 0 aromatic carbocycles. The Morgan fingerprint density at radius 1 is 1.17 bits per heavy atom. The number of rotatable bonds is 4. The molecule has 18 heavy (non-hydrogen) atoms. The molecule has 0 bridgehead atoms. The molecule has 2 rings (SSSR count). The van der Waals surface area contributed by atoms with Crippen molar-refractivity contribution in [2.75, 3.05) is 0 Å². The fraction of sp³-hybridized carbons (Fsp3) is 0.538. The van der Waals surface area contributed by atoms with Crippen LogP contribution in [0.25, 0.3) is 0 Å². The fourth-order valence-electron chi connectivity index (χ4n) is 2.15. The predicted octanol–water partition coefficient (Wildman–Crippen LogP) is 2.98. The highest BCUT2D eigenvalue weighted by Gasteiger charge is 2.15. The zero-order valence-corrected chi connectivity index (χ0v) is 12.1. The molecule has 2 aromatic rings. The Balaban J connectivity index is 2.39. The number of hydrogen-bond acceptors (Lipinski definition) is 2. The minimum Gasteiger partial charge on any atom is -0.266 e. The quantitative estimate of drug-likeness (QED) is 0.853. The van der Waals surface area contributed by atoms with Gasteiger partial charge in [-0.3, -0.25) is 9.36 Å². The lowest BCUT2D eigenvalue weighted by Gasteiger charge is -2.07. The highest BCUT2D eigenvalue weighted by atomic mass is 35.5. The van der Waals surface area contributed by atoms with Gasteiger partial charge in [0.1, 0.15) is 0 Å². The van der Waals surface area contributed by atoms with Crippen LogP contribution in [0.15, 0.2) is 6.07 Å². The lowest BCUT2D eigenvalue weighted by molar-refractivity contribution is 0.565. The lowest BCUT2D eigenvalue weighted by atomic mass is 10.3. The summed E-state index contributed by atoms with van der Waals surface area (Å²) >= 11 is 6.39. The summed E-state index contributed by atoms with van der Waals surface area (Å²) in [4.78, 5) is 0. The van der Waals surface area contributed by atoms with Gasteiger partial charge in [0, 0.05) is 12.2 Å². The summed E-state index contributed by atoms with van der Waals surface area (Å²) in [6.45, 7) is 9.71. The standard InChI is InChI=1S/C13H19ClN4/c1-5-11-13(14)12(17(6-2)16-11)8-18-10(4)7-9(3)15-18/h7H,5-6,8H2,1-4H3. The Kier molecular flexibility index (Phi) is 3.76. The van der Waals surface area contributed by atoms with Crippen LogP contribution in [0.4, 0.5) is 0 Å². The van der Waals surface area contributed by atoms with E-state index in [1.807, 2.05) is 16.3 Å². The van der Waals surface area contributed by atoms with Gasteiger partial charge in [-0.25, -0.2) is 0 Å². The molecule has 5 heteroatoms. The third kappa shape index (κ3) is 2.29. The number of halogens is 1. The third-order valence-electron chi connectivity index (χ3n) is 3.10. The van der Waals surface area contributed by atoms with Crippen LogP contribution >= 0.6 is 11.6 Å². The third-order valence-corrected chi connectivity index (χ3v) is 3.53. The van der Waals surface area contributed by atoms with Crippen molar-refractivity contribution in [2.24, 2.45) is 0 Å². The van der Waals surface area contributed by atoms with E-state index in [1.165, 1.54) is 0 Å². The van der Waals surface area contributed by atoms with Gasteiger partial charge >= 0.3 is 0 Å². The average molecular weight is 267 g/mol. The highest BCUT2D eigenvalue weighted by Crippen LogP contribution is 2.22. The lowest BCUT2D eigenvalue weighted by Crippen LogP contribution is -2.10. The van der Waals surface area contributed by atoms with Crippen molar-refractivity contribution in [3.05, 3.63) is 33.9 Å². The Morgan fingerprint density at radius 3 is 2.39 bits per heavy atom. The fourth-order valence-corrected chi connectivity index (χ4v) is 2.47. The Hall–Kier alpha value is -1.29. The van der Waals surface area contributed by atoms with Crippen molar-refractivity contribution in [3.63, 3.8) is 0 Å². The van der Waals surface area contributed by atoms with Crippen LogP contribution in [0.5, 0.6) is 0 Å². The van der Waals surface area contributed by atoms with Crippen molar-refractivity contribution < 1.29 is 0 Å². The second kappa shape index (κ2) is 5.14. The number of aromatic nitrogens is 4. The molecule has 0 saturated carbocycles. The van der Waals surface area contributed by atoms with Gasteiger partial charge in [-0.1, -0.05) is 18.5 Å². The number of aryl methyl sites for hydroxylation is 4. The normalized spacial score (nSPS) is 11.2. The van der Waals surface area contributed by atoms with Crippen LogP contribution in [0, 0.1) is 13.8 Å². The van der Waals surface area contributed by atoms with Crippen LogP contribution < -0.4 is 0 Å². The van der Waals surface area contributed by atoms with Crippen LogP contribution in [-0.2, 0) is 19.5 Å². The molecule has 0 amide bonds.